The van der Waals surface area contributed by atoms with Crippen molar-refractivity contribution in [2.45, 2.75) is 59.0 Å². The number of aliphatic hydroxyl groups is 1. The van der Waals surface area contributed by atoms with Crippen LogP contribution in [-0.4, -0.2) is 26.4 Å². The highest BCUT2D eigenvalue weighted by atomic mass is 16.3. The highest BCUT2D eigenvalue weighted by Gasteiger charge is 2.26. The molecule has 1 aliphatic carbocycles. The van der Waals surface area contributed by atoms with Gasteiger partial charge in [-0.1, -0.05) is 40.0 Å². The summed E-state index contributed by atoms with van der Waals surface area (Å²) in [7, 11) is 0. The molecular weight excluding hydrogens is 238 g/mol. The zero-order valence-electron chi connectivity index (χ0n) is 12.2. The number of hydrogen-bond donors (Lipinski definition) is 2. The second-order valence-corrected chi connectivity index (χ2v) is 6.60. The summed E-state index contributed by atoms with van der Waals surface area (Å²) >= 11 is 0. The quantitative estimate of drug-likeness (QED) is 0.880. The molecule has 1 unspecified atom stereocenters. The molecule has 1 saturated carbocycles. The Labute approximate surface area is 115 Å². The number of hydrogen-bond acceptors (Lipinski definition) is 3. The molecule has 0 spiro atoms. The number of H-pyrrole nitrogens is 1. The van der Waals surface area contributed by atoms with Crippen molar-refractivity contribution in [3.63, 3.8) is 0 Å². The summed E-state index contributed by atoms with van der Waals surface area (Å²) in [5.41, 5.74) is 0.986. The van der Waals surface area contributed by atoms with Gasteiger partial charge in [0.1, 0.15) is 6.33 Å². The summed E-state index contributed by atoms with van der Waals surface area (Å²) in [5, 5.41) is 17.2. The third-order valence-electron chi connectivity index (χ3n) is 3.96. The number of aliphatic hydroxyl groups excluding tert-OH is 1. The molecule has 4 heteroatoms. The van der Waals surface area contributed by atoms with Crippen LogP contribution in [0.2, 0.25) is 0 Å². The van der Waals surface area contributed by atoms with Crippen LogP contribution >= 0.6 is 0 Å². The van der Waals surface area contributed by atoms with Gasteiger partial charge in [0, 0.05) is 0 Å². The molecule has 0 radical (unpaired) electrons. The van der Waals surface area contributed by atoms with Crippen molar-refractivity contribution in [2.75, 3.05) is 0 Å². The van der Waals surface area contributed by atoms with Gasteiger partial charge in [-0.3, -0.25) is 5.10 Å². The topological polar surface area (TPSA) is 61.8 Å². The van der Waals surface area contributed by atoms with Crippen LogP contribution < -0.4 is 0 Å². The smallest absolute Gasteiger partial charge is 0.151 e. The largest absolute Gasteiger partial charge is 0.388 e. The fraction of sp³-hybridized carbons (Fsp3) is 0.733. The third kappa shape index (κ3) is 3.66. The Morgan fingerprint density at radius 1 is 1.37 bits per heavy atom. The van der Waals surface area contributed by atoms with Crippen LogP contribution in [0.5, 0.6) is 0 Å². The molecule has 0 bridgehead atoms. The van der Waals surface area contributed by atoms with E-state index in [1.165, 1.54) is 38.4 Å². The van der Waals surface area contributed by atoms with E-state index in [2.05, 4.69) is 15.2 Å². The van der Waals surface area contributed by atoms with Crippen molar-refractivity contribution in [3.8, 4) is 0 Å². The molecule has 1 fully saturated rings. The Kier molecular flexibility index (Phi) is 4.40. The van der Waals surface area contributed by atoms with Crippen molar-refractivity contribution >= 4 is 5.57 Å². The maximum atomic E-state index is 10.3. The summed E-state index contributed by atoms with van der Waals surface area (Å²) < 4.78 is 0. The summed E-state index contributed by atoms with van der Waals surface area (Å²) in [5.74, 6) is 1.31. The standard InChI is InChI=1S/C15H25N3O/c1-15(2,3)13(19)9-12(14-16-10-17-18-14)11-7-5-4-6-8-11/h9-11,13,19H,4-8H2,1-3H3,(H,16,17,18). The van der Waals surface area contributed by atoms with E-state index < -0.39 is 6.10 Å². The van der Waals surface area contributed by atoms with Gasteiger partial charge in [0.25, 0.3) is 0 Å². The molecule has 0 saturated heterocycles. The van der Waals surface area contributed by atoms with Gasteiger partial charge in [0.2, 0.25) is 0 Å². The molecule has 19 heavy (non-hydrogen) atoms. The Morgan fingerprint density at radius 2 is 2.05 bits per heavy atom. The van der Waals surface area contributed by atoms with E-state index in [1.54, 1.807) is 0 Å². The first kappa shape index (κ1) is 14.3. The van der Waals surface area contributed by atoms with Gasteiger partial charge in [-0.2, -0.15) is 5.10 Å². The van der Waals surface area contributed by atoms with Crippen molar-refractivity contribution < 1.29 is 5.11 Å². The minimum Gasteiger partial charge on any atom is -0.388 e. The Bertz CT molecular complexity index is 411. The fourth-order valence-corrected chi connectivity index (χ4v) is 2.59. The second kappa shape index (κ2) is 5.87. The van der Waals surface area contributed by atoms with Crippen molar-refractivity contribution in [3.05, 3.63) is 18.2 Å². The van der Waals surface area contributed by atoms with E-state index in [4.69, 9.17) is 0 Å². The van der Waals surface area contributed by atoms with Crippen LogP contribution in [0.1, 0.15) is 58.7 Å². The predicted molar refractivity (Wildman–Crippen MR) is 76.4 cm³/mol. The molecule has 1 aromatic rings. The van der Waals surface area contributed by atoms with Crippen LogP contribution in [0, 0.1) is 11.3 Å². The van der Waals surface area contributed by atoms with E-state index in [0.717, 1.165) is 11.4 Å². The molecule has 2 rings (SSSR count). The van der Waals surface area contributed by atoms with E-state index in [9.17, 15) is 5.11 Å². The highest BCUT2D eigenvalue weighted by molar-refractivity contribution is 5.62. The van der Waals surface area contributed by atoms with Crippen LogP contribution in [0.25, 0.3) is 5.57 Å². The molecule has 0 amide bonds. The molecule has 1 aliphatic rings. The summed E-state index contributed by atoms with van der Waals surface area (Å²) in [4.78, 5) is 4.28. The lowest BCUT2D eigenvalue weighted by atomic mass is 9.80. The number of nitrogens with one attached hydrogen (secondary N) is 1. The van der Waals surface area contributed by atoms with Gasteiger partial charge in [-0.05, 0) is 35.8 Å². The second-order valence-electron chi connectivity index (χ2n) is 6.60. The van der Waals surface area contributed by atoms with Crippen molar-refractivity contribution in [1.29, 1.82) is 0 Å². The molecular formula is C15H25N3O. The van der Waals surface area contributed by atoms with Gasteiger partial charge in [-0.15, -0.1) is 0 Å². The summed E-state index contributed by atoms with van der Waals surface area (Å²) in [6.07, 6.45) is 9.28. The monoisotopic (exact) mass is 263 g/mol. The SMILES string of the molecule is CC(C)(C)C(O)C=C(c1ncn[nH]1)C1CCCCC1. The first-order valence-electron chi connectivity index (χ1n) is 7.24. The molecule has 106 valence electrons. The summed E-state index contributed by atoms with van der Waals surface area (Å²) in [6, 6.07) is 0. The average Bonchev–Trinajstić information content (AvgIpc) is 2.89. The Balaban J connectivity index is 2.26. The predicted octanol–water partition coefficient (Wildman–Crippen LogP) is 3.18. The lowest BCUT2D eigenvalue weighted by Crippen LogP contribution is -2.25. The minimum atomic E-state index is -0.463. The van der Waals surface area contributed by atoms with Crippen LogP contribution in [0.15, 0.2) is 12.4 Å². The number of nitrogens with zero attached hydrogens (tertiary/aromatic N) is 2. The molecule has 1 aromatic heterocycles. The van der Waals surface area contributed by atoms with Crippen LogP contribution in [0.4, 0.5) is 0 Å². The Hall–Kier alpha value is -1.16. The first-order valence-corrected chi connectivity index (χ1v) is 7.24. The van der Waals surface area contributed by atoms with E-state index in [0.29, 0.717) is 5.92 Å². The number of rotatable bonds is 3. The van der Waals surface area contributed by atoms with Crippen LogP contribution in [0.3, 0.4) is 0 Å². The normalized spacial score (nSPS) is 20.5. The van der Waals surface area contributed by atoms with Crippen molar-refractivity contribution in [1.82, 2.24) is 15.2 Å². The molecule has 0 aliphatic heterocycles. The van der Waals surface area contributed by atoms with E-state index >= 15 is 0 Å². The van der Waals surface area contributed by atoms with E-state index in [1.807, 2.05) is 26.8 Å². The fourth-order valence-electron chi connectivity index (χ4n) is 2.59. The zero-order chi connectivity index (χ0) is 13.9. The highest BCUT2D eigenvalue weighted by Crippen LogP contribution is 2.35. The van der Waals surface area contributed by atoms with E-state index in [-0.39, 0.29) is 5.41 Å². The maximum Gasteiger partial charge on any atom is 0.151 e. The number of aromatic nitrogens is 3. The Morgan fingerprint density at radius 3 is 2.58 bits per heavy atom. The molecule has 1 heterocycles. The number of aromatic amines is 1. The minimum absolute atomic E-state index is 0.153. The molecule has 1 atom stereocenters. The van der Waals surface area contributed by atoms with Crippen molar-refractivity contribution in [2.24, 2.45) is 11.3 Å². The van der Waals surface area contributed by atoms with Gasteiger partial charge < -0.3 is 5.11 Å². The summed E-state index contributed by atoms with van der Waals surface area (Å²) in [6.45, 7) is 6.15. The molecule has 2 N–H and O–H groups in total. The average molecular weight is 263 g/mol. The zero-order valence-corrected chi connectivity index (χ0v) is 12.2. The van der Waals surface area contributed by atoms with Crippen LogP contribution in [-0.2, 0) is 0 Å². The lowest BCUT2D eigenvalue weighted by Gasteiger charge is -2.27. The third-order valence-corrected chi connectivity index (χ3v) is 3.96. The first-order chi connectivity index (χ1) is 8.98. The van der Waals surface area contributed by atoms with Gasteiger partial charge in [0.15, 0.2) is 5.82 Å². The van der Waals surface area contributed by atoms with Gasteiger partial charge in [0.05, 0.1) is 6.10 Å². The van der Waals surface area contributed by atoms with Gasteiger partial charge in [-0.25, -0.2) is 4.98 Å². The van der Waals surface area contributed by atoms with Gasteiger partial charge >= 0.3 is 0 Å². The number of allylic oxidation sites excluding steroid dienone is 1. The molecule has 0 aromatic carbocycles. The maximum absolute atomic E-state index is 10.3. The lowest BCUT2D eigenvalue weighted by molar-refractivity contribution is 0.105. The molecule has 4 nitrogen and oxygen atoms in total.